The highest BCUT2D eigenvalue weighted by Gasteiger charge is 2.30. The van der Waals surface area contributed by atoms with Crippen molar-refractivity contribution in [1.29, 1.82) is 0 Å². The Hall–Kier alpha value is -4.29. The SMILES string of the molecule is COC(=O)c1c(C)c2c3c(Cl)ccc2n1CCCOc1cc(cc2ccccc12)SCc1cc(nn1C)CN(C)Cc1nn(C2CCCCO2)c(C)c1-3. The van der Waals surface area contributed by atoms with Crippen molar-refractivity contribution in [1.82, 2.24) is 29.0 Å². The van der Waals surface area contributed by atoms with Crippen molar-refractivity contribution in [2.75, 3.05) is 27.4 Å². The minimum absolute atomic E-state index is 0.151. The molecule has 2 aliphatic rings. The number of aromatic nitrogens is 5. The number of thioether (sulfide) groups is 1. The van der Waals surface area contributed by atoms with E-state index in [1.54, 1.807) is 11.8 Å². The first-order valence-corrected chi connectivity index (χ1v) is 19.7. The van der Waals surface area contributed by atoms with E-state index in [0.717, 1.165) is 96.8 Å². The number of hydrogen-bond donors (Lipinski definition) is 0. The van der Waals surface area contributed by atoms with Crippen molar-refractivity contribution in [2.24, 2.45) is 7.05 Å². The van der Waals surface area contributed by atoms with Crippen molar-refractivity contribution < 1.29 is 19.0 Å². The molecule has 0 radical (unpaired) electrons. The van der Waals surface area contributed by atoms with E-state index in [1.807, 2.05) is 41.5 Å². The summed E-state index contributed by atoms with van der Waals surface area (Å²) in [6, 6.07) is 18.9. The van der Waals surface area contributed by atoms with Gasteiger partial charge in [0.05, 0.1) is 25.1 Å². The third kappa shape index (κ3) is 6.73. The first-order chi connectivity index (χ1) is 25.7. The van der Waals surface area contributed by atoms with Crippen LogP contribution in [0.3, 0.4) is 0 Å². The number of ether oxygens (including phenoxy) is 3. The molecule has 53 heavy (non-hydrogen) atoms. The number of halogens is 1. The lowest BCUT2D eigenvalue weighted by molar-refractivity contribution is -0.0409. The lowest BCUT2D eigenvalue weighted by atomic mass is 9.96. The molecule has 0 spiro atoms. The van der Waals surface area contributed by atoms with Gasteiger partial charge in [-0.1, -0.05) is 35.9 Å². The molecular formula is C41H45ClN6O4S. The Bertz CT molecular complexity index is 2340. The minimum Gasteiger partial charge on any atom is -0.493 e. The number of carbonyl (C=O) groups is 1. The molecule has 1 unspecified atom stereocenters. The summed E-state index contributed by atoms with van der Waals surface area (Å²) in [5.41, 5.74) is 8.12. The molecule has 3 aromatic heterocycles. The van der Waals surface area contributed by atoms with Crippen molar-refractivity contribution in [2.45, 2.75) is 76.0 Å². The van der Waals surface area contributed by atoms with E-state index < -0.39 is 0 Å². The first-order valence-electron chi connectivity index (χ1n) is 18.3. The van der Waals surface area contributed by atoms with E-state index in [1.165, 1.54) is 7.11 Å². The Morgan fingerprint density at radius 2 is 1.83 bits per heavy atom. The van der Waals surface area contributed by atoms with Gasteiger partial charge in [-0.25, -0.2) is 9.48 Å². The number of carbonyl (C=O) groups excluding carboxylic acids is 1. The Morgan fingerprint density at radius 1 is 0.981 bits per heavy atom. The average Bonchev–Trinajstić information content (AvgIpc) is 3.77. The summed E-state index contributed by atoms with van der Waals surface area (Å²) in [5.74, 6) is 1.24. The summed E-state index contributed by atoms with van der Waals surface area (Å²) in [5, 5.41) is 13.9. The molecule has 276 valence electrons. The molecule has 1 saturated heterocycles. The van der Waals surface area contributed by atoms with E-state index in [0.29, 0.717) is 50.0 Å². The molecule has 0 aliphatic carbocycles. The Morgan fingerprint density at radius 3 is 2.64 bits per heavy atom. The van der Waals surface area contributed by atoms with E-state index in [9.17, 15) is 4.79 Å². The Balaban J connectivity index is 1.29. The van der Waals surface area contributed by atoms with Crippen LogP contribution in [0.1, 0.15) is 70.7 Å². The molecule has 0 saturated carbocycles. The fraction of sp³-hybridized carbons (Fsp3) is 0.390. The fourth-order valence-electron chi connectivity index (χ4n) is 8.05. The van der Waals surface area contributed by atoms with Gasteiger partial charge in [-0.2, -0.15) is 10.2 Å². The first kappa shape index (κ1) is 35.7. The van der Waals surface area contributed by atoms with Crippen LogP contribution in [0.5, 0.6) is 5.75 Å². The molecule has 10 nitrogen and oxygen atoms in total. The number of fused-ring (bicyclic) bond motifs is 8. The van der Waals surface area contributed by atoms with Crippen LogP contribution >= 0.6 is 23.4 Å². The van der Waals surface area contributed by atoms with Gasteiger partial charge in [0.2, 0.25) is 0 Å². The molecule has 0 N–H and O–H groups in total. The monoisotopic (exact) mass is 752 g/mol. The number of aryl methyl sites for hydroxylation is 3. The van der Waals surface area contributed by atoms with Crippen molar-refractivity contribution in [3.05, 3.63) is 93.7 Å². The molecule has 8 bridgehead atoms. The quantitative estimate of drug-likeness (QED) is 0.162. The van der Waals surface area contributed by atoms with Gasteiger partial charge < -0.3 is 18.8 Å². The van der Waals surface area contributed by atoms with E-state index >= 15 is 0 Å². The van der Waals surface area contributed by atoms with Crippen molar-refractivity contribution in [3.8, 4) is 16.9 Å². The second-order valence-corrected chi connectivity index (χ2v) is 15.6. The number of methoxy groups -OCH3 is 1. The third-order valence-corrected chi connectivity index (χ3v) is 11.9. The van der Waals surface area contributed by atoms with Gasteiger partial charge in [0, 0.05) is 87.8 Å². The van der Waals surface area contributed by atoms with Gasteiger partial charge in [-0.15, -0.1) is 11.8 Å². The zero-order valence-electron chi connectivity index (χ0n) is 30.9. The number of rotatable bonds is 2. The normalized spacial score (nSPS) is 17.4. The van der Waals surface area contributed by atoms with E-state index in [-0.39, 0.29) is 12.2 Å². The summed E-state index contributed by atoms with van der Waals surface area (Å²) >= 11 is 9.01. The van der Waals surface area contributed by atoms with Crippen LogP contribution in [0, 0.1) is 13.8 Å². The maximum Gasteiger partial charge on any atom is 0.354 e. The summed E-state index contributed by atoms with van der Waals surface area (Å²) in [4.78, 5) is 16.9. The number of nitrogens with zero attached hydrogens (tertiary/aromatic N) is 6. The van der Waals surface area contributed by atoms with Crippen LogP contribution in [0.15, 0.2) is 59.5 Å². The number of benzene rings is 3. The zero-order chi connectivity index (χ0) is 36.8. The molecule has 3 aromatic carbocycles. The van der Waals surface area contributed by atoms with Crippen molar-refractivity contribution >= 4 is 51.0 Å². The molecule has 1 fully saturated rings. The Kier molecular flexibility index (Phi) is 10.0. The van der Waals surface area contributed by atoms with Crippen LogP contribution in [0.25, 0.3) is 32.8 Å². The van der Waals surface area contributed by atoms with Gasteiger partial charge in [0.15, 0.2) is 0 Å². The van der Waals surface area contributed by atoms with Gasteiger partial charge in [0.1, 0.15) is 17.7 Å². The second kappa shape index (κ2) is 14.9. The molecule has 6 aromatic rings. The maximum absolute atomic E-state index is 13.5. The van der Waals surface area contributed by atoms with Gasteiger partial charge in [-0.05, 0) is 87.9 Å². The van der Waals surface area contributed by atoms with Gasteiger partial charge in [0.25, 0.3) is 0 Å². The molecule has 12 heteroatoms. The molecular weight excluding hydrogens is 708 g/mol. The largest absolute Gasteiger partial charge is 0.493 e. The third-order valence-electron chi connectivity index (χ3n) is 10.5. The standard InChI is InChI=1S/C41H45ClN6O4S/c1-25-37-34-15-14-32(42)39(37)38-26(2)48(36-13-8-9-17-52-36)44-33(38)23-45(3)22-28-20-29(46(4)43-28)24-53-30-19-27-11-6-7-12-31(27)35(21-30)51-18-10-16-47(34)40(25)41(49)50-5/h6-7,11-12,14-15,19-21,36H,8-10,13,16-18,22-24H2,1-5H3. The minimum atomic E-state index is -0.385. The molecule has 5 heterocycles. The lowest BCUT2D eigenvalue weighted by Gasteiger charge is -2.24. The summed E-state index contributed by atoms with van der Waals surface area (Å²) in [7, 11) is 5.55. The summed E-state index contributed by atoms with van der Waals surface area (Å²) < 4.78 is 24.3. The fourth-order valence-corrected chi connectivity index (χ4v) is 9.28. The van der Waals surface area contributed by atoms with Crippen LogP contribution < -0.4 is 4.74 Å². The molecule has 2 aliphatic heterocycles. The van der Waals surface area contributed by atoms with E-state index in [2.05, 4.69) is 59.8 Å². The zero-order valence-corrected chi connectivity index (χ0v) is 32.5. The second-order valence-electron chi connectivity index (χ2n) is 14.2. The van der Waals surface area contributed by atoms with Crippen LogP contribution in [0.4, 0.5) is 0 Å². The average molecular weight is 753 g/mol. The molecule has 8 rings (SSSR count). The predicted molar refractivity (Wildman–Crippen MR) is 210 cm³/mol. The van der Waals surface area contributed by atoms with Crippen LogP contribution in [-0.4, -0.2) is 62.4 Å². The lowest BCUT2D eigenvalue weighted by Crippen LogP contribution is -2.21. The number of esters is 1. The van der Waals surface area contributed by atoms with Gasteiger partial charge in [-0.3, -0.25) is 9.58 Å². The topological polar surface area (TPSA) is 88.6 Å². The molecule has 0 amide bonds. The summed E-state index contributed by atoms with van der Waals surface area (Å²) in [6.45, 7) is 7.01. The highest BCUT2D eigenvalue weighted by atomic mass is 35.5. The van der Waals surface area contributed by atoms with E-state index in [4.69, 9.17) is 36.0 Å². The highest BCUT2D eigenvalue weighted by Crippen LogP contribution is 2.44. The Labute approximate surface area is 318 Å². The molecule has 1 atom stereocenters. The van der Waals surface area contributed by atoms with Gasteiger partial charge >= 0.3 is 5.97 Å². The smallest absolute Gasteiger partial charge is 0.354 e. The summed E-state index contributed by atoms with van der Waals surface area (Å²) in [6.07, 6.45) is 3.54. The highest BCUT2D eigenvalue weighted by molar-refractivity contribution is 7.98. The maximum atomic E-state index is 13.5. The number of hydrogen-bond acceptors (Lipinski definition) is 8. The van der Waals surface area contributed by atoms with Crippen LogP contribution in [0.2, 0.25) is 5.02 Å². The van der Waals surface area contributed by atoms with Crippen molar-refractivity contribution in [3.63, 3.8) is 0 Å². The van der Waals surface area contributed by atoms with Crippen LogP contribution in [-0.2, 0) is 41.9 Å². The predicted octanol–water partition coefficient (Wildman–Crippen LogP) is 8.85.